The summed E-state index contributed by atoms with van der Waals surface area (Å²) >= 11 is 8.71. The molecule has 2 aliphatic heterocycles. The third-order valence-corrected chi connectivity index (χ3v) is 12.8. The number of hydrogen-bond donors (Lipinski definition) is 0. The highest BCUT2D eigenvalue weighted by molar-refractivity contribution is 8.34. The molecule has 0 aromatic rings. The summed E-state index contributed by atoms with van der Waals surface area (Å²) < 4.78 is 3.32. The molecule has 2 saturated carbocycles. The average molecular weight is 365 g/mol. The summed E-state index contributed by atoms with van der Waals surface area (Å²) in [7, 11) is 0. The van der Waals surface area contributed by atoms with Crippen molar-refractivity contribution < 1.29 is 0 Å². The third kappa shape index (κ3) is 1.90. The summed E-state index contributed by atoms with van der Waals surface area (Å²) in [6.45, 7) is 0. The van der Waals surface area contributed by atoms with E-state index in [1.807, 2.05) is 0 Å². The SMILES string of the molecule is C1CC2CCC1C1=C2SC(=C2SC3=C(S2)C2CCC3CC2)S1. The number of allylic oxidation sites excluding steroid dienone is 4. The van der Waals surface area contributed by atoms with Gasteiger partial charge in [-0.15, -0.1) is 0 Å². The molecular weight excluding hydrogens is 344 g/mol. The van der Waals surface area contributed by atoms with E-state index in [9.17, 15) is 0 Å². The third-order valence-electron chi connectivity index (χ3n) is 6.40. The summed E-state index contributed by atoms with van der Waals surface area (Å²) in [6, 6.07) is 0. The smallest absolute Gasteiger partial charge is 0.0700 e. The van der Waals surface area contributed by atoms with Gasteiger partial charge in [-0.2, -0.15) is 0 Å². The van der Waals surface area contributed by atoms with Crippen molar-refractivity contribution in [2.45, 2.75) is 51.4 Å². The lowest BCUT2D eigenvalue weighted by Crippen LogP contribution is -2.22. The lowest BCUT2D eigenvalue weighted by atomic mass is 9.76. The van der Waals surface area contributed by atoms with Crippen LogP contribution in [-0.2, 0) is 0 Å². The van der Waals surface area contributed by atoms with Crippen LogP contribution >= 0.6 is 47.0 Å². The fraction of sp³-hybridized carbons (Fsp3) is 0.667. The normalized spacial score (nSPS) is 42.5. The molecule has 2 fully saturated rings. The molecule has 0 saturated heterocycles. The van der Waals surface area contributed by atoms with Crippen LogP contribution in [-0.4, -0.2) is 0 Å². The van der Waals surface area contributed by atoms with Crippen molar-refractivity contribution in [3.63, 3.8) is 0 Å². The molecule has 6 aliphatic carbocycles. The molecule has 22 heavy (non-hydrogen) atoms. The first-order chi connectivity index (χ1) is 10.9. The van der Waals surface area contributed by atoms with E-state index in [1.54, 1.807) is 28.1 Å². The van der Waals surface area contributed by atoms with E-state index in [2.05, 4.69) is 47.0 Å². The van der Waals surface area contributed by atoms with Gasteiger partial charge in [-0.25, -0.2) is 0 Å². The topological polar surface area (TPSA) is 0 Å². The van der Waals surface area contributed by atoms with E-state index in [4.69, 9.17) is 0 Å². The van der Waals surface area contributed by atoms with Crippen LogP contribution in [0.15, 0.2) is 28.1 Å². The molecule has 2 heterocycles. The minimum absolute atomic E-state index is 0.922. The second-order valence-corrected chi connectivity index (χ2v) is 12.3. The Labute approximate surface area is 149 Å². The largest absolute Gasteiger partial charge is 0.0843 e. The van der Waals surface area contributed by atoms with E-state index in [0.717, 1.165) is 23.7 Å². The van der Waals surface area contributed by atoms with Crippen LogP contribution in [0.1, 0.15) is 51.4 Å². The Morgan fingerprint density at radius 1 is 0.409 bits per heavy atom. The fourth-order valence-corrected chi connectivity index (χ4v) is 11.9. The molecule has 8 rings (SSSR count). The molecule has 0 aromatic carbocycles. The lowest BCUT2D eigenvalue weighted by molar-refractivity contribution is 0.320. The van der Waals surface area contributed by atoms with Gasteiger partial charge >= 0.3 is 0 Å². The molecule has 0 N–H and O–H groups in total. The highest BCUT2D eigenvalue weighted by Gasteiger charge is 2.44. The zero-order valence-electron chi connectivity index (χ0n) is 12.6. The summed E-state index contributed by atoms with van der Waals surface area (Å²) in [5.41, 5.74) is 0. The maximum Gasteiger partial charge on any atom is 0.0700 e. The Bertz CT molecular complexity index is 532. The van der Waals surface area contributed by atoms with Crippen LogP contribution in [0.25, 0.3) is 0 Å². The van der Waals surface area contributed by atoms with Gasteiger partial charge in [0.2, 0.25) is 0 Å². The average Bonchev–Trinajstić information content (AvgIpc) is 3.23. The van der Waals surface area contributed by atoms with E-state index in [0.29, 0.717) is 0 Å². The minimum Gasteiger partial charge on any atom is -0.0843 e. The second kappa shape index (κ2) is 5.06. The molecule has 0 aromatic heterocycles. The lowest BCUT2D eigenvalue weighted by Gasteiger charge is -2.36. The molecule has 4 heteroatoms. The zero-order chi connectivity index (χ0) is 14.3. The van der Waals surface area contributed by atoms with Crippen molar-refractivity contribution in [2.24, 2.45) is 23.7 Å². The van der Waals surface area contributed by atoms with Gasteiger partial charge in [0.15, 0.2) is 0 Å². The van der Waals surface area contributed by atoms with Gasteiger partial charge in [0.05, 0.1) is 8.47 Å². The molecule has 0 radical (unpaired) electrons. The van der Waals surface area contributed by atoms with Crippen molar-refractivity contribution in [2.75, 3.05) is 0 Å². The standard InChI is InChI=1S/C18H20S4/c1-2-10-4-3-9(1)13-14(10)20-17(19-13)18-21-15-11-5-6-12(8-7-11)16(15)22-18/h9-12H,1-8H2. The van der Waals surface area contributed by atoms with Crippen molar-refractivity contribution >= 4 is 47.0 Å². The van der Waals surface area contributed by atoms with Crippen LogP contribution in [0.3, 0.4) is 0 Å². The molecule has 0 spiro atoms. The van der Waals surface area contributed by atoms with Crippen LogP contribution in [0.5, 0.6) is 0 Å². The van der Waals surface area contributed by atoms with E-state index in [1.165, 1.54) is 51.4 Å². The molecule has 0 atom stereocenters. The van der Waals surface area contributed by atoms with Gasteiger partial charge < -0.3 is 0 Å². The van der Waals surface area contributed by atoms with Crippen molar-refractivity contribution in [1.82, 2.24) is 0 Å². The molecule has 4 bridgehead atoms. The van der Waals surface area contributed by atoms with Gasteiger partial charge in [0.25, 0.3) is 0 Å². The quantitative estimate of drug-likeness (QED) is 0.448. The summed E-state index contributed by atoms with van der Waals surface area (Å²) in [6.07, 6.45) is 11.8. The first-order valence-electron chi connectivity index (χ1n) is 8.80. The van der Waals surface area contributed by atoms with Crippen LogP contribution < -0.4 is 0 Å². The van der Waals surface area contributed by atoms with Gasteiger partial charge in [0, 0.05) is 19.6 Å². The molecular formula is C18H20S4. The van der Waals surface area contributed by atoms with Crippen molar-refractivity contribution in [1.29, 1.82) is 0 Å². The Hall–Kier alpha value is 0.620. The first kappa shape index (κ1) is 13.9. The number of thioether (sulfide) groups is 4. The number of fused-ring (bicyclic) bond motifs is 4. The monoisotopic (exact) mass is 364 g/mol. The molecule has 116 valence electrons. The van der Waals surface area contributed by atoms with Crippen LogP contribution in [0, 0.1) is 23.7 Å². The second-order valence-electron chi connectivity index (χ2n) is 7.54. The first-order valence-corrected chi connectivity index (χ1v) is 12.1. The Morgan fingerprint density at radius 2 is 0.636 bits per heavy atom. The Morgan fingerprint density at radius 3 is 0.864 bits per heavy atom. The number of rotatable bonds is 0. The maximum atomic E-state index is 2.18. The van der Waals surface area contributed by atoms with Crippen molar-refractivity contribution in [3.8, 4) is 0 Å². The molecule has 0 nitrogen and oxygen atoms in total. The zero-order valence-corrected chi connectivity index (χ0v) is 15.9. The maximum absolute atomic E-state index is 2.18. The summed E-state index contributed by atoms with van der Waals surface area (Å²) in [4.78, 5) is 7.18. The minimum atomic E-state index is 0.922. The predicted molar refractivity (Wildman–Crippen MR) is 102 cm³/mol. The highest BCUT2D eigenvalue weighted by Crippen LogP contribution is 2.69. The summed E-state index contributed by atoms with van der Waals surface area (Å²) in [5.74, 6) is 3.69. The van der Waals surface area contributed by atoms with E-state index < -0.39 is 0 Å². The van der Waals surface area contributed by atoms with Gasteiger partial charge in [-0.1, -0.05) is 47.0 Å². The Kier molecular flexibility index (Phi) is 3.19. The number of hydrogen-bond acceptors (Lipinski definition) is 4. The molecule has 0 unspecified atom stereocenters. The highest BCUT2D eigenvalue weighted by atomic mass is 32.2. The van der Waals surface area contributed by atoms with Gasteiger partial charge in [0.1, 0.15) is 0 Å². The predicted octanol–water partition coefficient (Wildman–Crippen LogP) is 7.14. The molecule has 0 amide bonds. The van der Waals surface area contributed by atoms with Gasteiger partial charge in [-0.3, -0.25) is 0 Å². The fourth-order valence-electron chi connectivity index (χ4n) is 5.18. The van der Waals surface area contributed by atoms with Crippen LogP contribution in [0.4, 0.5) is 0 Å². The van der Waals surface area contributed by atoms with Gasteiger partial charge in [-0.05, 0) is 75.0 Å². The Balaban J connectivity index is 1.31. The van der Waals surface area contributed by atoms with Crippen LogP contribution in [0.2, 0.25) is 0 Å². The molecule has 8 aliphatic rings. The van der Waals surface area contributed by atoms with E-state index >= 15 is 0 Å². The van der Waals surface area contributed by atoms with E-state index in [-0.39, 0.29) is 0 Å². The van der Waals surface area contributed by atoms with Crippen molar-refractivity contribution in [3.05, 3.63) is 28.1 Å². The summed E-state index contributed by atoms with van der Waals surface area (Å²) in [5, 5.41) is 0.